The number of nitrogens with one attached hydrogen (secondary N) is 1. The van der Waals surface area contributed by atoms with Gasteiger partial charge >= 0.3 is 0 Å². The fourth-order valence-corrected chi connectivity index (χ4v) is 3.66. The smallest absolute Gasteiger partial charge is 0.244 e. The van der Waals surface area contributed by atoms with E-state index in [0.717, 1.165) is 42.3 Å². The van der Waals surface area contributed by atoms with Crippen molar-refractivity contribution in [3.8, 4) is 0 Å². The Hall–Kier alpha value is -1.57. The van der Waals surface area contributed by atoms with Crippen LogP contribution < -0.4 is 5.32 Å². The van der Waals surface area contributed by atoms with Crippen LogP contribution in [0.2, 0.25) is 0 Å². The molecule has 3 rings (SSSR count). The average Bonchev–Trinajstić information content (AvgIpc) is 3.13. The van der Waals surface area contributed by atoms with Crippen LogP contribution in [0, 0.1) is 5.92 Å². The molecule has 7 heteroatoms. The lowest BCUT2D eigenvalue weighted by molar-refractivity contribution is 0.0485. The molecule has 1 aliphatic rings. The second kappa shape index (κ2) is 8.88. The molecule has 142 valence electrons. The molecule has 2 aromatic rings. The summed E-state index contributed by atoms with van der Waals surface area (Å²) in [5.74, 6) is 2.05. The van der Waals surface area contributed by atoms with Gasteiger partial charge in [0.25, 0.3) is 0 Å². The van der Waals surface area contributed by atoms with Gasteiger partial charge in [-0.3, -0.25) is 4.21 Å². The Bertz CT molecular complexity index is 724. The van der Waals surface area contributed by atoms with Crippen LogP contribution in [-0.2, 0) is 22.1 Å². The monoisotopic (exact) mass is 377 g/mol. The van der Waals surface area contributed by atoms with Crippen molar-refractivity contribution in [1.29, 1.82) is 0 Å². The molecule has 1 aromatic heterocycles. The summed E-state index contributed by atoms with van der Waals surface area (Å²) in [4.78, 5) is 5.45. The highest BCUT2D eigenvalue weighted by atomic mass is 32.2. The van der Waals surface area contributed by atoms with Gasteiger partial charge in [0.05, 0.1) is 6.04 Å². The van der Waals surface area contributed by atoms with Crippen LogP contribution in [0.4, 0.5) is 0 Å². The van der Waals surface area contributed by atoms with Crippen LogP contribution >= 0.6 is 0 Å². The van der Waals surface area contributed by atoms with Crippen LogP contribution in [0.1, 0.15) is 55.9 Å². The summed E-state index contributed by atoms with van der Waals surface area (Å²) in [6.07, 6.45) is 3.64. The first-order chi connectivity index (χ1) is 12.5. The third-order valence-electron chi connectivity index (χ3n) is 4.76. The Morgan fingerprint density at radius 1 is 1.23 bits per heavy atom. The van der Waals surface area contributed by atoms with Gasteiger partial charge < -0.3 is 14.6 Å². The molecule has 0 bridgehead atoms. The van der Waals surface area contributed by atoms with Gasteiger partial charge in [-0.2, -0.15) is 4.98 Å². The largest absolute Gasteiger partial charge is 0.381 e. The van der Waals surface area contributed by atoms with Crippen molar-refractivity contribution in [2.24, 2.45) is 5.92 Å². The topological polar surface area (TPSA) is 77.2 Å². The molecule has 26 heavy (non-hydrogen) atoms. The van der Waals surface area contributed by atoms with Gasteiger partial charge in [-0.1, -0.05) is 31.1 Å². The van der Waals surface area contributed by atoms with Crippen molar-refractivity contribution >= 4 is 10.8 Å². The Kier molecular flexibility index (Phi) is 6.56. The molecule has 2 heterocycles. The van der Waals surface area contributed by atoms with Gasteiger partial charge in [0, 0.05) is 47.6 Å². The molecule has 1 aliphatic heterocycles. The molecule has 1 aromatic carbocycles. The van der Waals surface area contributed by atoms with Crippen LogP contribution in [0.3, 0.4) is 0 Å². The minimum Gasteiger partial charge on any atom is -0.381 e. The molecule has 1 N–H and O–H groups in total. The van der Waals surface area contributed by atoms with Gasteiger partial charge in [0.2, 0.25) is 5.89 Å². The summed E-state index contributed by atoms with van der Waals surface area (Å²) in [5, 5.41) is 7.72. The van der Waals surface area contributed by atoms with Gasteiger partial charge in [-0.15, -0.1) is 0 Å². The van der Waals surface area contributed by atoms with E-state index in [1.54, 1.807) is 6.26 Å². The van der Waals surface area contributed by atoms with Gasteiger partial charge in [0.15, 0.2) is 5.82 Å². The van der Waals surface area contributed by atoms with Gasteiger partial charge in [-0.25, -0.2) is 0 Å². The molecular weight excluding hydrogens is 350 g/mol. The van der Waals surface area contributed by atoms with E-state index < -0.39 is 10.8 Å². The molecule has 6 nitrogen and oxygen atoms in total. The molecule has 0 radical (unpaired) electrons. The summed E-state index contributed by atoms with van der Waals surface area (Å²) in [5.41, 5.74) is 1.14. The summed E-state index contributed by atoms with van der Waals surface area (Å²) in [6.45, 7) is 6.35. The average molecular weight is 378 g/mol. The van der Waals surface area contributed by atoms with Gasteiger partial charge in [-0.05, 0) is 36.5 Å². The lowest BCUT2D eigenvalue weighted by Gasteiger charge is -2.28. The fourth-order valence-electron chi connectivity index (χ4n) is 3.14. The third kappa shape index (κ3) is 4.78. The zero-order valence-electron chi connectivity index (χ0n) is 15.6. The zero-order valence-corrected chi connectivity index (χ0v) is 16.4. The normalized spacial score (nSPS) is 18.2. The zero-order chi connectivity index (χ0) is 18.5. The summed E-state index contributed by atoms with van der Waals surface area (Å²) in [7, 11) is -0.953. The van der Waals surface area contributed by atoms with Crippen molar-refractivity contribution < 1.29 is 13.5 Å². The van der Waals surface area contributed by atoms with E-state index >= 15 is 0 Å². The Morgan fingerprint density at radius 2 is 1.92 bits per heavy atom. The Balaban J connectivity index is 1.73. The molecule has 2 atom stereocenters. The van der Waals surface area contributed by atoms with E-state index in [4.69, 9.17) is 9.26 Å². The predicted octanol–water partition coefficient (Wildman–Crippen LogP) is 3.19. The number of hydrogen-bond acceptors (Lipinski definition) is 6. The van der Waals surface area contributed by atoms with Crippen molar-refractivity contribution in [1.82, 2.24) is 15.5 Å². The van der Waals surface area contributed by atoms with E-state index in [1.165, 1.54) is 0 Å². The number of rotatable bonds is 7. The Morgan fingerprint density at radius 3 is 2.50 bits per heavy atom. The second-order valence-electron chi connectivity index (χ2n) is 7.05. The van der Waals surface area contributed by atoms with Gasteiger partial charge in [0.1, 0.15) is 0 Å². The summed E-state index contributed by atoms with van der Waals surface area (Å²) >= 11 is 0. The van der Waals surface area contributed by atoms with Crippen molar-refractivity contribution in [3.63, 3.8) is 0 Å². The second-order valence-corrected chi connectivity index (χ2v) is 8.43. The molecule has 0 saturated carbocycles. The maximum Gasteiger partial charge on any atom is 0.244 e. The molecular formula is C19H27N3O3S. The molecule has 1 fully saturated rings. The lowest BCUT2D eigenvalue weighted by Crippen LogP contribution is -2.32. The van der Waals surface area contributed by atoms with Crippen LogP contribution in [0.25, 0.3) is 0 Å². The minimum atomic E-state index is -0.953. The van der Waals surface area contributed by atoms with E-state index in [-0.39, 0.29) is 12.0 Å². The predicted molar refractivity (Wildman–Crippen MR) is 100 cm³/mol. The highest BCUT2D eigenvalue weighted by Gasteiger charge is 2.30. The van der Waals surface area contributed by atoms with Crippen LogP contribution in [-0.4, -0.2) is 33.8 Å². The number of hydrogen-bond donors (Lipinski definition) is 1. The maximum absolute atomic E-state index is 11.5. The number of aromatic nitrogens is 2. The van der Waals surface area contributed by atoms with E-state index in [9.17, 15) is 4.21 Å². The molecule has 0 aliphatic carbocycles. The first kappa shape index (κ1) is 19.2. The first-order valence-electron chi connectivity index (χ1n) is 9.11. The van der Waals surface area contributed by atoms with Crippen molar-refractivity contribution in [2.75, 3.05) is 19.5 Å². The van der Waals surface area contributed by atoms with Crippen LogP contribution in [0.5, 0.6) is 0 Å². The van der Waals surface area contributed by atoms with E-state index in [0.29, 0.717) is 18.4 Å². The summed E-state index contributed by atoms with van der Waals surface area (Å²) < 4.78 is 22.6. The van der Waals surface area contributed by atoms with E-state index in [2.05, 4.69) is 29.3 Å². The van der Waals surface area contributed by atoms with Crippen LogP contribution in [0.15, 0.2) is 33.7 Å². The number of nitrogens with zero attached hydrogens (tertiary/aromatic N) is 2. The molecule has 1 saturated heterocycles. The highest BCUT2D eigenvalue weighted by molar-refractivity contribution is 7.84. The summed E-state index contributed by atoms with van der Waals surface area (Å²) in [6, 6.07) is 7.87. The fraction of sp³-hybridized carbons (Fsp3) is 0.579. The van der Waals surface area contributed by atoms with E-state index in [1.807, 2.05) is 24.3 Å². The van der Waals surface area contributed by atoms with Crippen molar-refractivity contribution in [3.05, 3.63) is 41.5 Å². The SMILES string of the molecule is CC(C)c1noc([C@H](NCc2ccc([S@@](C)=O)cc2)C2CCOCC2)n1. The number of benzene rings is 1. The standard InChI is InChI=1S/C19H27N3O3S/c1-13(2)18-21-19(25-22-18)17(15-8-10-24-11-9-15)20-12-14-4-6-16(7-5-14)26(3)23/h4-7,13,15,17,20H,8-12H2,1-3H3/t17-,26-/m1/s1. The maximum atomic E-state index is 11.5. The number of ether oxygens (including phenoxy) is 1. The minimum absolute atomic E-state index is 0.0129. The molecule has 0 unspecified atom stereocenters. The lowest BCUT2D eigenvalue weighted by atomic mass is 9.91. The highest BCUT2D eigenvalue weighted by Crippen LogP contribution is 2.30. The quantitative estimate of drug-likeness (QED) is 0.798. The molecule has 0 spiro atoms. The Labute approximate surface area is 157 Å². The van der Waals surface area contributed by atoms with Crippen molar-refractivity contribution in [2.45, 2.75) is 50.1 Å². The first-order valence-corrected chi connectivity index (χ1v) is 10.7. The third-order valence-corrected chi connectivity index (χ3v) is 5.69. The molecule has 0 amide bonds.